The normalized spacial score (nSPS) is 32.9. The van der Waals surface area contributed by atoms with Crippen LogP contribution < -0.4 is 5.32 Å². The minimum atomic E-state index is 0. The van der Waals surface area contributed by atoms with E-state index in [1.807, 2.05) is 7.05 Å². The summed E-state index contributed by atoms with van der Waals surface area (Å²) in [6, 6.07) is 0.549. The van der Waals surface area contributed by atoms with Crippen LogP contribution in [0.1, 0.15) is 51.9 Å². The van der Waals surface area contributed by atoms with E-state index in [1.54, 1.807) is 0 Å². The molecule has 4 fully saturated rings. The van der Waals surface area contributed by atoms with Gasteiger partial charge in [-0.2, -0.15) is 0 Å². The lowest BCUT2D eigenvalue weighted by atomic mass is 9.51. The zero-order chi connectivity index (χ0) is 16.6. The fraction of sp³-hybridized carbons (Fsp3) is 0.947. The Labute approximate surface area is 169 Å². The zero-order valence-electron chi connectivity index (χ0n) is 15.8. The first-order chi connectivity index (χ1) is 11.7. The van der Waals surface area contributed by atoms with Crippen LogP contribution in [-0.2, 0) is 9.47 Å². The van der Waals surface area contributed by atoms with Crippen molar-refractivity contribution in [2.45, 2.75) is 64.0 Å². The van der Waals surface area contributed by atoms with Crippen molar-refractivity contribution < 1.29 is 9.47 Å². The van der Waals surface area contributed by atoms with Gasteiger partial charge >= 0.3 is 0 Å². The van der Waals surface area contributed by atoms with E-state index in [0.717, 1.165) is 45.3 Å². The summed E-state index contributed by atoms with van der Waals surface area (Å²) < 4.78 is 11.6. The lowest BCUT2D eigenvalue weighted by Gasteiger charge is -2.61. The molecule has 1 N–H and O–H groups in total. The van der Waals surface area contributed by atoms with Crippen LogP contribution in [0.4, 0.5) is 0 Å². The summed E-state index contributed by atoms with van der Waals surface area (Å²) in [4.78, 5) is 7.12. The van der Waals surface area contributed by atoms with Gasteiger partial charge in [-0.1, -0.05) is 6.42 Å². The lowest BCUT2D eigenvalue weighted by molar-refractivity contribution is -0.168. The van der Waals surface area contributed by atoms with Crippen LogP contribution in [-0.4, -0.2) is 63.0 Å². The highest BCUT2D eigenvalue weighted by Gasteiger charge is 2.59. The van der Waals surface area contributed by atoms with Crippen LogP contribution in [0.3, 0.4) is 0 Å². The van der Waals surface area contributed by atoms with Gasteiger partial charge in [-0.25, -0.2) is 0 Å². The maximum atomic E-state index is 5.99. The number of rotatable bonds is 3. The van der Waals surface area contributed by atoms with E-state index in [4.69, 9.17) is 9.47 Å². The molecule has 2 aliphatic carbocycles. The summed E-state index contributed by atoms with van der Waals surface area (Å²) in [5, 5.41) is 3.81. The second-order valence-electron chi connectivity index (χ2n) is 8.29. The Morgan fingerprint density at radius 1 is 1.24 bits per heavy atom. The highest BCUT2D eigenvalue weighted by Crippen LogP contribution is 2.57. The summed E-state index contributed by atoms with van der Waals surface area (Å²) in [6.45, 7) is 7.09. The first-order valence-corrected chi connectivity index (χ1v) is 9.89. The third-order valence-corrected chi connectivity index (χ3v) is 7.24. The Bertz CT molecular complexity index is 489. The van der Waals surface area contributed by atoms with E-state index >= 15 is 0 Å². The van der Waals surface area contributed by atoms with Gasteiger partial charge < -0.3 is 19.7 Å². The molecule has 2 heterocycles. The molecule has 6 heteroatoms. The molecule has 2 atom stereocenters. The molecule has 0 aromatic heterocycles. The van der Waals surface area contributed by atoms with Crippen LogP contribution in [0.25, 0.3) is 0 Å². The minimum absolute atomic E-state index is 0. The van der Waals surface area contributed by atoms with Gasteiger partial charge in [-0.15, -0.1) is 24.0 Å². The van der Waals surface area contributed by atoms with E-state index in [2.05, 4.69) is 22.1 Å². The maximum Gasteiger partial charge on any atom is 0.193 e. The van der Waals surface area contributed by atoms with Crippen molar-refractivity contribution in [3.63, 3.8) is 0 Å². The molecule has 4 rings (SSSR count). The molecule has 2 spiro atoms. The van der Waals surface area contributed by atoms with Crippen molar-refractivity contribution >= 4 is 29.9 Å². The Morgan fingerprint density at radius 2 is 2.00 bits per heavy atom. The number of nitrogens with zero attached hydrogens (tertiary/aromatic N) is 2. The van der Waals surface area contributed by atoms with Gasteiger partial charge in [0.2, 0.25) is 0 Å². The Hall–Kier alpha value is -0.0800. The minimum Gasteiger partial charge on any atom is -0.381 e. The Morgan fingerprint density at radius 3 is 2.60 bits per heavy atom. The molecular weight excluding hydrogens is 429 g/mol. The van der Waals surface area contributed by atoms with Gasteiger partial charge in [-0.3, -0.25) is 4.99 Å². The third-order valence-electron chi connectivity index (χ3n) is 7.24. The first kappa shape index (κ1) is 19.7. The summed E-state index contributed by atoms with van der Waals surface area (Å²) >= 11 is 0. The van der Waals surface area contributed by atoms with Crippen molar-refractivity contribution in [1.82, 2.24) is 10.2 Å². The molecule has 144 valence electrons. The molecule has 2 saturated heterocycles. The van der Waals surface area contributed by atoms with Crippen molar-refractivity contribution in [2.75, 3.05) is 40.0 Å². The van der Waals surface area contributed by atoms with E-state index in [9.17, 15) is 0 Å². The molecule has 0 bridgehead atoms. The number of likely N-dealkylation sites (tertiary alicyclic amines) is 1. The second-order valence-corrected chi connectivity index (χ2v) is 8.29. The third kappa shape index (κ3) is 3.43. The Kier molecular flexibility index (Phi) is 6.21. The summed E-state index contributed by atoms with van der Waals surface area (Å²) in [5.74, 6) is 1.12. The van der Waals surface area contributed by atoms with Crippen molar-refractivity contribution in [3.05, 3.63) is 0 Å². The molecule has 5 nitrogen and oxygen atoms in total. The van der Waals surface area contributed by atoms with E-state index < -0.39 is 0 Å². The van der Waals surface area contributed by atoms with Gasteiger partial charge in [0.15, 0.2) is 5.96 Å². The monoisotopic (exact) mass is 463 g/mol. The van der Waals surface area contributed by atoms with Crippen LogP contribution in [0.15, 0.2) is 4.99 Å². The highest BCUT2D eigenvalue weighted by molar-refractivity contribution is 14.0. The largest absolute Gasteiger partial charge is 0.381 e. The second kappa shape index (κ2) is 7.89. The molecule has 2 unspecified atom stereocenters. The number of guanidine groups is 1. The topological polar surface area (TPSA) is 46.1 Å². The number of ether oxygens (including phenoxy) is 2. The SMILES string of the molecule is CCOC1CC(NC(=NC)N2CCC3(CCOCC3)C2)C12CCC2.I. The molecule has 2 saturated carbocycles. The average Bonchev–Trinajstić information content (AvgIpc) is 2.92. The van der Waals surface area contributed by atoms with Crippen molar-refractivity contribution in [1.29, 1.82) is 0 Å². The molecular formula is C19H34IN3O2. The Balaban J connectivity index is 0.00000182. The standard InChI is InChI=1S/C19H33N3O2.HI/c1-3-24-16-13-15(19(16)5-4-6-19)21-17(20-2)22-10-7-18(14-22)8-11-23-12-9-18;/h15-16H,3-14H2,1-2H3,(H,20,21);1H. The van der Waals surface area contributed by atoms with Gasteiger partial charge in [0.1, 0.15) is 0 Å². The van der Waals surface area contributed by atoms with Crippen LogP contribution in [0.2, 0.25) is 0 Å². The average molecular weight is 463 g/mol. The van der Waals surface area contributed by atoms with Crippen LogP contribution in [0.5, 0.6) is 0 Å². The first-order valence-electron chi connectivity index (χ1n) is 9.89. The predicted octanol–water partition coefficient (Wildman–Crippen LogP) is 3.03. The summed E-state index contributed by atoms with van der Waals surface area (Å²) in [6.07, 6.45) is 9.29. The van der Waals surface area contributed by atoms with Gasteiger partial charge in [0.05, 0.1) is 6.10 Å². The van der Waals surface area contributed by atoms with Crippen LogP contribution in [0, 0.1) is 10.8 Å². The van der Waals surface area contributed by atoms with E-state index in [1.165, 1.54) is 38.5 Å². The smallest absolute Gasteiger partial charge is 0.193 e. The molecule has 0 aromatic carbocycles. The highest BCUT2D eigenvalue weighted by atomic mass is 127. The zero-order valence-corrected chi connectivity index (χ0v) is 18.1. The van der Waals surface area contributed by atoms with E-state index in [0.29, 0.717) is 23.0 Å². The number of hydrogen-bond donors (Lipinski definition) is 1. The number of halogens is 1. The molecule has 0 radical (unpaired) electrons. The predicted molar refractivity (Wildman–Crippen MR) is 111 cm³/mol. The number of aliphatic imine (C=N–C) groups is 1. The van der Waals surface area contributed by atoms with E-state index in [-0.39, 0.29) is 24.0 Å². The van der Waals surface area contributed by atoms with Gasteiger partial charge in [0.25, 0.3) is 0 Å². The summed E-state index contributed by atoms with van der Waals surface area (Å²) in [5.41, 5.74) is 0.861. The molecule has 2 aliphatic heterocycles. The lowest BCUT2D eigenvalue weighted by Crippen LogP contribution is -2.68. The maximum absolute atomic E-state index is 5.99. The molecule has 25 heavy (non-hydrogen) atoms. The van der Waals surface area contributed by atoms with Gasteiger partial charge in [0, 0.05) is 51.4 Å². The quantitative estimate of drug-likeness (QED) is 0.397. The van der Waals surface area contributed by atoms with Crippen LogP contribution >= 0.6 is 24.0 Å². The number of hydrogen-bond acceptors (Lipinski definition) is 3. The molecule has 0 amide bonds. The number of nitrogens with one attached hydrogen (secondary N) is 1. The molecule has 4 aliphatic rings. The fourth-order valence-electron chi connectivity index (χ4n) is 5.42. The molecule has 0 aromatic rings. The van der Waals surface area contributed by atoms with Gasteiger partial charge in [-0.05, 0) is 50.9 Å². The van der Waals surface area contributed by atoms with Crippen molar-refractivity contribution in [3.8, 4) is 0 Å². The fourth-order valence-corrected chi connectivity index (χ4v) is 5.42. The van der Waals surface area contributed by atoms with Crippen molar-refractivity contribution in [2.24, 2.45) is 15.8 Å². The summed E-state index contributed by atoms with van der Waals surface area (Å²) in [7, 11) is 1.93.